The molecule has 0 bridgehead atoms. The quantitative estimate of drug-likeness (QED) is 0.539. The van der Waals surface area contributed by atoms with Gasteiger partial charge < -0.3 is 0 Å². The van der Waals surface area contributed by atoms with Crippen molar-refractivity contribution in [2.75, 3.05) is 4.90 Å². The Kier molecular flexibility index (Phi) is 2.91. The van der Waals surface area contributed by atoms with Gasteiger partial charge >= 0.3 is 0 Å². The van der Waals surface area contributed by atoms with E-state index in [1.165, 1.54) is 18.5 Å². The van der Waals surface area contributed by atoms with Crippen molar-refractivity contribution in [3.63, 3.8) is 0 Å². The van der Waals surface area contributed by atoms with Gasteiger partial charge in [-0.3, -0.25) is 14.7 Å². The van der Waals surface area contributed by atoms with Crippen molar-refractivity contribution in [2.45, 2.75) is 0 Å². The topological polar surface area (TPSA) is 79.0 Å². The molecule has 0 radical (unpaired) electrons. The second-order valence-corrected chi connectivity index (χ2v) is 5.60. The fourth-order valence-corrected chi connectivity index (χ4v) is 2.93. The highest BCUT2D eigenvalue weighted by atomic mass is 35.5. The number of pyridine rings is 1. The predicted octanol–water partition coefficient (Wildman–Crippen LogP) is 3.20. The van der Waals surface area contributed by atoms with Gasteiger partial charge in [0.25, 0.3) is 11.8 Å². The van der Waals surface area contributed by atoms with Crippen molar-refractivity contribution in [1.29, 1.82) is 0 Å². The number of aromatic nitrogens is 3. The lowest BCUT2D eigenvalue weighted by Crippen LogP contribution is -2.30. The van der Waals surface area contributed by atoms with E-state index >= 15 is 0 Å². The number of H-pyrrole nitrogens is 1. The van der Waals surface area contributed by atoms with E-state index in [4.69, 9.17) is 23.2 Å². The van der Waals surface area contributed by atoms with Crippen LogP contribution in [-0.2, 0) is 0 Å². The van der Waals surface area contributed by atoms with E-state index in [0.717, 1.165) is 6.07 Å². The Morgan fingerprint density at radius 3 is 2.70 bits per heavy atom. The van der Waals surface area contributed by atoms with Crippen LogP contribution in [0.4, 0.5) is 10.1 Å². The molecule has 114 valence electrons. The molecule has 1 aliphatic heterocycles. The standard InChI is InChI=1S/C14H5Cl2FN4O2/c15-7-1-2-8(17)11(10(7)16)21-13(22)6-3-18-12-5(4-19-20-12)9(6)14(21)23/h1-4H,(H,18,19,20). The smallest absolute Gasteiger partial charge is 0.267 e. The zero-order valence-electron chi connectivity index (χ0n) is 11.1. The molecule has 9 heteroatoms. The molecule has 3 heterocycles. The number of hydrogen-bond donors (Lipinski definition) is 1. The first kappa shape index (κ1) is 14.1. The SMILES string of the molecule is O=C1c2cnc3[nH]ncc3c2C(=O)N1c1c(F)ccc(Cl)c1Cl. The molecule has 1 aromatic carbocycles. The average molecular weight is 351 g/mol. The lowest BCUT2D eigenvalue weighted by atomic mass is 10.1. The van der Waals surface area contributed by atoms with Gasteiger partial charge in [-0.2, -0.15) is 5.10 Å². The lowest BCUT2D eigenvalue weighted by molar-refractivity contribution is 0.0925. The number of carbonyl (C=O) groups excluding carboxylic acids is 2. The van der Waals surface area contributed by atoms with Gasteiger partial charge in [-0.05, 0) is 12.1 Å². The molecule has 0 saturated heterocycles. The van der Waals surface area contributed by atoms with Crippen molar-refractivity contribution in [3.05, 3.63) is 51.5 Å². The number of carbonyl (C=O) groups is 2. The van der Waals surface area contributed by atoms with Crippen LogP contribution in [0, 0.1) is 5.82 Å². The summed E-state index contributed by atoms with van der Waals surface area (Å²) in [6.45, 7) is 0. The van der Waals surface area contributed by atoms with Gasteiger partial charge in [-0.15, -0.1) is 0 Å². The highest BCUT2D eigenvalue weighted by Crippen LogP contribution is 2.40. The summed E-state index contributed by atoms with van der Waals surface area (Å²) in [4.78, 5) is 29.9. The number of benzene rings is 1. The number of nitrogens with zero attached hydrogens (tertiary/aromatic N) is 3. The highest BCUT2D eigenvalue weighted by Gasteiger charge is 2.41. The van der Waals surface area contributed by atoms with E-state index in [0.29, 0.717) is 15.9 Å². The average Bonchev–Trinajstić information content (AvgIpc) is 3.09. The van der Waals surface area contributed by atoms with Crippen LogP contribution < -0.4 is 4.90 Å². The Hall–Kier alpha value is -2.51. The number of aromatic amines is 1. The number of anilines is 1. The molecule has 0 saturated carbocycles. The molecule has 0 aliphatic carbocycles. The van der Waals surface area contributed by atoms with Crippen molar-refractivity contribution >= 4 is 51.7 Å². The minimum absolute atomic E-state index is 0.0335. The fourth-order valence-electron chi connectivity index (χ4n) is 2.54. The second kappa shape index (κ2) is 4.74. The molecule has 6 nitrogen and oxygen atoms in total. The summed E-state index contributed by atoms with van der Waals surface area (Å²) >= 11 is 11.9. The van der Waals surface area contributed by atoms with E-state index in [2.05, 4.69) is 15.2 Å². The summed E-state index contributed by atoms with van der Waals surface area (Å²) in [5.41, 5.74) is 0.134. The number of nitrogens with one attached hydrogen (secondary N) is 1. The number of halogens is 3. The Balaban J connectivity index is 1.99. The third-order valence-electron chi connectivity index (χ3n) is 3.57. The van der Waals surface area contributed by atoms with Crippen LogP contribution in [0.5, 0.6) is 0 Å². The summed E-state index contributed by atoms with van der Waals surface area (Å²) in [7, 11) is 0. The van der Waals surface area contributed by atoms with Crippen LogP contribution in [-0.4, -0.2) is 27.0 Å². The van der Waals surface area contributed by atoms with Crippen molar-refractivity contribution < 1.29 is 14.0 Å². The van der Waals surface area contributed by atoms with Gasteiger partial charge in [0.15, 0.2) is 5.65 Å². The number of fused-ring (bicyclic) bond motifs is 3. The van der Waals surface area contributed by atoms with E-state index in [1.807, 2.05) is 0 Å². The number of hydrogen-bond acceptors (Lipinski definition) is 4. The first-order valence-electron chi connectivity index (χ1n) is 6.35. The number of imide groups is 1. The molecule has 3 aromatic rings. The van der Waals surface area contributed by atoms with Crippen LogP contribution in [0.2, 0.25) is 10.0 Å². The first-order valence-corrected chi connectivity index (χ1v) is 7.10. The van der Waals surface area contributed by atoms with Crippen LogP contribution in [0.25, 0.3) is 11.0 Å². The third-order valence-corrected chi connectivity index (χ3v) is 4.37. The maximum absolute atomic E-state index is 14.2. The second-order valence-electron chi connectivity index (χ2n) is 4.82. The van der Waals surface area contributed by atoms with Crippen molar-refractivity contribution in [1.82, 2.24) is 15.2 Å². The molecule has 1 N–H and O–H groups in total. The molecule has 4 rings (SSSR count). The van der Waals surface area contributed by atoms with Crippen LogP contribution in [0.1, 0.15) is 20.7 Å². The Morgan fingerprint density at radius 2 is 1.91 bits per heavy atom. The van der Waals surface area contributed by atoms with E-state index < -0.39 is 17.6 Å². The third kappa shape index (κ3) is 1.80. The van der Waals surface area contributed by atoms with Crippen LogP contribution >= 0.6 is 23.2 Å². The summed E-state index contributed by atoms with van der Waals surface area (Å²) in [6, 6.07) is 2.29. The fraction of sp³-hybridized carbons (Fsp3) is 0. The molecule has 0 spiro atoms. The predicted molar refractivity (Wildman–Crippen MR) is 81.4 cm³/mol. The zero-order valence-corrected chi connectivity index (χ0v) is 12.6. The first-order chi connectivity index (χ1) is 11.0. The van der Waals surface area contributed by atoms with Crippen LogP contribution in [0.3, 0.4) is 0 Å². The minimum atomic E-state index is -0.828. The molecule has 0 unspecified atom stereocenters. The largest absolute Gasteiger partial charge is 0.268 e. The molecular weight excluding hydrogens is 346 g/mol. The van der Waals surface area contributed by atoms with Gasteiger partial charge in [0.05, 0.1) is 32.8 Å². The highest BCUT2D eigenvalue weighted by molar-refractivity contribution is 6.46. The van der Waals surface area contributed by atoms with Crippen molar-refractivity contribution in [2.24, 2.45) is 0 Å². The van der Waals surface area contributed by atoms with E-state index in [-0.39, 0.29) is 26.9 Å². The molecule has 0 fully saturated rings. The van der Waals surface area contributed by atoms with Gasteiger partial charge in [0, 0.05) is 6.20 Å². The van der Waals surface area contributed by atoms with Gasteiger partial charge in [0.1, 0.15) is 11.5 Å². The molecule has 2 aromatic heterocycles. The summed E-state index contributed by atoms with van der Waals surface area (Å²) < 4.78 is 14.2. The molecule has 1 aliphatic rings. The molecular formula is C14H5Cl2FN4O2. The molecule has 2 amide bonds. The summed E-state index contributed by atoms with van der Waals surface area (Å²) in [5, 5.41) is 6.60. The van der Waals surface area contributed by atoms with Gasteiger partial charge in [0.2, 0.25) is 0 Å². The maximum atomic E-state index is 14.2. The van der Waals surface area contributed by atoms with Gasteiger partial charge in [-0.1, -0.05) is 23.2 Å². The minimum Gasteiger partial charge on any atom is -0.268 e. The summed E-state index contributed by atoms with van der Waals surface area (Å²) in [5.74, 6) is -2.25. The maximum Gasteiger partial charge on any atom is 0.267 e. The van der Waals surface area contributed by atoms with Gasteiger partial charge in [-0.25, -0.2) is 14.3 Å². The van der Waals surface area contributed by atoms with E-state index in [1.54, 1.807) is 0 Å². The van der Waals surface area contributed by atoms with E-state index in [9.17, 15) is 14.0 Å². The monoisotopic (exact) mass is 350 g/mol. The summed E-state index contributed by atoms with van der Waals surface area (Å²) in [6.07, 6.45) is 2.62. The Morgan fingerprint density at radius 1 is 1.13 bits per heavy atom. The number of amides is 2. The Bertz CT molecular complexity index is 1020. The molecule has 0 atom stereocenters. The van der Waals surface area contributed by atoms with Crippen molar-refractivity contribution in [3.8, 4) is 0 Å². The lowest BCUT2D eigenvalue weighted by Gasteiger charge is -2.16. The molecule has 23 heavy (non-hydrogen) atoms. The number of rotatable bonds is 1. The Labute approximate surface area is 137 Å². The zero-order chi connectivity index (χ0) is 16.3. The normalized spacial score (nSPS) is 14.0. The van der Waals surface area contributed by atoms with Crippen LogP contribution in [0.15, 0.2) is 24.5 Å².